The summed E-state index contributed by atoms with van der Waals surface area (Å²) in [5, 5.41) is 11.4. The molecule has 5 heteroatoms. The average Bonchev–Trinajstić information content (AvgIpc) is 3.07. The zero-order valence-electron chi connectivity index (χ0n) is 21.5. The maximum absolute atomic E-state index is 11.4. The average molecular weight is 466 g/mol. The zero-order chi connectivity index (χ0) is 24.3. The van der Waals surface area contributed by atoms with E-state index in [2.05, 4.69) is 39.8 Å². The predicted molar refractivity (Wildman–Crippen MR) is 132 cm³/mol. The first-order valence-corrected chi connectivity index (χ1v) is 12.9. The van der Waals surface area contributed by atoms with E-state index in [1.807, 2.05) is 26.0 Å². The van der Waals surface area contributed by atoms with Crippen molar-refractivity contribution in [2.24, 2.45) is 5.41 Å². The maximum atomic E-state index is 11.4. The van der Waals surface area contributed by atoms with Gasteiger partial charge in [-0.25, -0.2) is 0 Å². The normalized spacial score (nSPS) is 25.0. The number of aliphatic hydroxyl groups excluding tert-OH is 1. The Labute approximate surface area is 203 Å². The molecule has 3 aliphatic rings. The highest BCUT2D eigenvalue weighted by Gasteiger charge is 2.52. The Balaban J connectivity index is 1.70. The highest BCUT2D eigenvalue weighted by Crippen LogP contribution is 2.57. The molecule has 3 heterocycles. The third kappa shape index (κ3) is 4.06. The molecule has 5 nitrogen and oxygen atoms in total. The number of fused-ring (bicyclic) bond motifs is 4. The number of benzene rings is 1. The molecule has 2 aromatic rings. The van der Waals surface area contributed by atoms with E-state index in [1.54, 1.807) is 0 Å². The van der Waals surface area contributed by atoms with Crippen LogP contribution < -0.4 is 4.74 Å². The highest BCUT2D eigenvalue weighted by molar-refractivity contribution is 5.54. The Hall–Kier alpha value is -1.95. The molecular weight excluding hydrogens is 426 g/mol. The van der Waals surface area contributed by atoms with Crippen molar-refractivity contribution >= 4 is 0 Å². The minimum Gasteiger partial charge on any atom is -0.491 e. The number of ether oxygens (including phenoxy) is 3. The van der Waals surface area contributed by atoms with Crippen LogP contribution in [0.4, 0.5) is 0 Å². The lowest BCUT2D eigenvalue weighted by atomic mass is 9.70. The minimum absolute atomic E-state index is 0.0237. The monoisotopic (exact) mass is 465 g/mol. The van der Waals surface area contributed by atoms with Crippen molar-refractivity contribution in [3.8, 4) is 5.75 Å². The highest BCUT2D eigenvalue weighted by atomic mass is 16.5. The molecule has 0 bridgehead atoms. The van der Waals surface area contributed by atoms with Gasteiger partial charge in [-0.3, -0.25) is 4.98 Å². The summed E-state index contributed by atoms with van der Waals surface area (Å²) in [5.74, 6) is 1.12. The van der Waals surface area contributed by atoms with Gasteiger partial charge in [-0.1, -0.05) is 39.8 Å². The van der Waals surface area contributed by atoms with Crippen LogP contribution in [0.2, 0.25) is 0 Å². The lowest BCUT2D eigenvalue weighted by molar-refractivity contribution is -0.122. The first kappa shape index (κ1) is 23.8. The molecule has 184 valence electrons. The minimum atomic E-state index is -0.523. The molecule has 1 aromatic carbocycles. The molecule has 1 saturated heterocycles. The number of pyridine rings is 1. The number of nitrogens with zero attached hydrogens (tertiary/aromatic N) is 1. The molecular formula is C29H39NO4. The third-order valence-corrected chi connectivity index (χ3v) is 7.57. The fourth-order valence-electron chi connectivity index (χ4n) is 6.16. The van der Waals surface area contributed by atoms with Crippen LogP contribution in [0.15, 0.2) is 24.3 Å². The van der Waals surface area contributed by atoms with Crippen molar-refractivity contribution in [2.45, 2.75) is 97.1 Å². The second-order valence-electron chi connectivity index (χ2n) is 11.7. The van der Waals surface area contributed by atoms with Crippen LogP contribution in [0.25, 0.3) is 0 Å². The molecule has 1 N–H and O–H groups in total. The van der Waals surface area contributed by atoms with Gasteiger partial charge in [0.1, 0.15) is 11.9 Å². The lowest BCUT2D eigenvalue weighted by Crippen LogP contribution is -2.37. The van der Waals surface area contributed by atoms with Gasteiger partial charge in [0, 0.05) is 48.6 Å². The third-order valence-electron chi connectivity index (χ3n) is 7.57. The van der Waals surface area contributed by atoms with Crippen molar-refractivity contribution in [1.29, 1.82) is 0 Å². The van der Waals surface area contributed by atoms with Crippen molar-refractivity contribution in [3.05, 3.63) is 57.9 Å². The lowest BCUT2D eigenvalue weighted by Gasteiger charge is -2.40. The standard InChI is InChI=1S/C29H39NO4/c1-17(2)26-24-25(23-21(30-26)15-28(5,6)16-22(23)31)29(11-13-32-14-12-29)34-27(24)19-7-9-20(10-8-19)33-18(3)4/h7-10,17-18,22,27,31H,11-16H2,1-6H3. The zero-order valence-corrected chi connectivity index (χ0v) is 21.5. The largest absolute Gasteiger partial charge is 0.491 e. The summed E-state index contributed by atoms with van der Waals surface area (Å²) in [7, 11) is 0. The van der Waals surface area contributed by atoms with Crippen molar-refractivity contribution in [1.82, 2.24) is 4.98 Å². The summed E-state index contributed by atoms with van der Waals surface area (Å²) >= 11 is 0. The molecule has 1 spiro atoms. The molecule has 34 heavy (non-hydrogen) atoms. The summed E-state index contributed by atoms with van der Waals surface area (Å²) in [5.41, 5.74) is 6.27. The van der Waals surface area contributed by atoms with Crippen molar-refractivity contribution in [3.63, 3.8) is 0 Å². The Morgan fingerprint density at radius 3 is 2.32 bits per heavy atom. The molecule has 0 saturated carbocycles. The summed E-state index contributed by atoms with van der Waals surface area (Å²) in [6.45, 7) is 14.3. The van der Waals surface area contributed by atoms with Gasteiger partial charge in [0.2, 0.25) is 0 Å². The van der Waals surface area contributed by atoms with Crippen molar-refractivity contribution in [2.75, 3.05) is 13.2 Å². The van der Waals surface area contributed by atoms with Gasteiger partial charge in [-0.05, 0) is 61.3 Å². The van der Waals surface area contributed by atoms with Crippen LogP contribution in [0.3, 0.4) is 0 Å². The van der Waals surface area contributed by atoms with Gasteiger partial charge in [-0.2, -0.15) is 0 Å². The molecule has 2 aliphatic heterocycles. The molecule has 1 fully saturated rings. The fourth-order valence-corrected chi connectivity index (χ4v) is 6.16. The quantitative estimate of drug-likeness (QED) is 0.589. The number of hydrogen-bond donors (Lipinski definition) is 1. The van der Waals surface area contributed by atoms with Crippen LogP contribution in [0, 0.1) is 5.41 Å². The summed E-state index contributed by atoms with van der Waals surface area (Å²) in [4.78, 5) is 5.25. The number of aliphatic hydroxyl groups is 1. The Morgan fingerprint density at radius 2 is 1.71 bits per heavy atom. The number of rotatable bonds is 4. The molecule has 2 atom stereocenters. The second-order valence-corrected chi connectivity index (χ2v) is 11.7. The summed E-state index contributed by atoms with van der Waals surface area (Å²) in [6, 6.07) is 8.30. The van der Waals surface area contributed by atoms with Gasteiger partial charge in [-0.15, -0.1) is 0 Å². The van der Waals surface area contributed by atoms with Gasteiger partial charge >= 0.3 is 0 Å². The SMILES string of the molecule is CC(C)Oc1ccc(C2OC3(CCOCC3)c3c4c(nc(C(C)C)c32)CC(C)(C)CC4O)cc1. The first-order chi connectivity index (χ1) is 16.1. The Bertz CT molecular complexity index is 1050. The predicted octanol–water partition coefficient (Wildman–Crippen LogP) is 6.12. The summed E-state index contributed by atoms with van der Waals surface area (Å²) < 4.78 is 18.7. The van der Waals surface area contributed by atoms with E-state index in [0.29, 0.717) is 13.2 Å². The van der Waals surface area contributed by atoms with Gasteiger partial charge in [0.05, 0.1) is 17.8 Å². The molecule has 0 radical (unpaired) electrons. The van der Waals surface area contributed by atoms with Crippen LogP contribution in [-0.4, -0.2) is 29.4 Å². The van der Waals surface area contributed by atoms with Crippen LogP contribution >= 0.6 is 0 Å². The fraction of sp³-hybridized carbons (Fsp3) is 0.621. The van der Waals surface area contributed by atoms with Gasteiger partial charge < -0.3 is 19.3 Å². The second kappa shape index (κ2) is 8.61. The summed E-state index contributed by atoms with van der Waals surface area (Å²) in [6.07, 6.45) is 2.63. The molecule has 5 rings (SSSR count). The smallest absolute Gasteiger partial charge is 0.119 e. The van der Waals surface area contributed by atoms with E-state index in [4.69, 9.17) is 19.2 Å². The Kier molecular flexibility index (Phi) is 6.02. The van der Waals surface area contributed by atoms with E-state index in [1.165, 1.54) is 11.1 Å². The van der Waals surface area contributed by atoms with Gasteiger partial charge in [0.25, 0.3) is 0 Å². The van der Waals surface area contributed by atoms with E-state index in [0.717, 1.165) is 53.9 Å². The molecule has 1 aliphatic carbocycles. The van der Waals surface area contributed by atoms with Gasteiger partial charge in [0.15, 0.2) is 0 Å². The molecule has 1 aromatic heterocycles. The Morgan fingerprint density at radius 1 is 1.03 bits per heavy atom. The van der Waals surface area contributed by atoms with E-state index in [-0.39, 0.29) is 23.5 Å². The molecule has 0 amide bonds. The topological polar surface area (TPSA) is 60.8 Å². The van der Waals surface area contributed by atoms with E-state index < -0.39 is 11.7 Å². The first-order valence-electron chi connectivity index (χ1n) is 12.9. The number of hydrogen-bond acceptors (Lipinski definition) is 5. The van der Waals surface area contributed by atoms with Crippen molar-refractivity contribution < 1.29 is 19.3 Å². The van der Waals surface area contributed by atoms with E-state index in [9.17, 15) is 5.11 Å². The van der Waals surface area contributed by atoms with Crippen LogP contribution in [0.5, 0.6) is 5.75 Å². The number of aromatic nitrogens is 1. The van der Waals surface area contributed by atoms with Crippen LogP contribution in [0.1, 0.15) is 113 Å². The van der Waals surface area contributed by atoms with E-state index >= 15 is 0 Å². The maximum Gasteiger partial charge on any atom is 0.119 e. The van der Waals surface area contributed by atoms with Crippen LogP contribution in [-0.2, 0) is 21.5 Å². The molecule has 2 unspecified atom stereocenters.